The van der Waals surface area contributed by atoms with Crippen molar-refractivity contribution in [1.29, 1.82) is 0 Å². The lowest BCUT2D eigenvalue weighted by Gasteiger charge is -2.25. The van der Waals surface area contributed by atoms with E-state index in [2.05, 4.69) is 50.4 Å². The molecule has 0 bridgehead atoms. The molecule has 0 fully saturated rings. The minimum absolute atomic E-state index is 0.170. The Morgan fingerprint density at radius 2 is 1.80 bits per heavy atom. The molecule has 0 aliphatic rings. The summed E-state index contributed by atoms with van der Waals surface area (Å²) in [5.41, 5.74) is 8.31. The van der Waals surface area contributed by atoms with Gasteiger partial charge in [0.2, 0.25) is 0 Å². The Hall–Kier alpha value is -0.860. The van der Waals surface area contributed by atoms with Gasteiger partial charge in [-0.05, 0) is 12.5 Å². The number of aryl methyl sites for hydroxylation is 1. The molecule has 1 aromatic carbocycles. The van der Waals surface area contributed by atoms with E-state index < -0.39 is 0 Å². The first-order valence-corrected chi connectivity index (χ1v) is 5.54. The maximum absolute atomic E-state index is 5.45. The van der Waals surface area contributed by atoms with Crippen LogP contribution in [0.15, 0.2) is 24.3 Å². The van der Waals surface area contributed by atoms with Gasteiger partial charge >= 0.3 is 0 Å². The highest BCUT2D eigenvalue weighted by Crippen LogP contribution is 2.22. The lowest BCUT2D eigenvalue weighted by Crippen LogP contribution is -2.35. The molecule has 0 amide bonds. The van der Waals surface area contributed by atoms with Gasteiger partial charge in [0.15, 0.2) is 0 Å². The molecule has 0 unspecified atom stereocenters. The third kappa shape index (κ3) is 3.65. The largest absolute Gasteiger partial charge is 0.329 e. The Balaban J connectivity index is 2.63. The average Bonchev–Trinajstić information content (AvgIpc) is 2.18. The van der Waals surface area contributed by atoms with Gasteiger partial charge in [-0.15, -0.1) is 0 Å². The van der Waals surface area contributed by atoms with Crippen LogP contribution in [0.4, 0.5) is 0 Å². The lowest BCUT2D eigenvalue weighted by molar-refractivity contribution is 0.473. The Bertz CT molecular complexity index is 288. The zero-order valence-electron chi connectivity index (χ0n) is 10.0. The Morgan fingerprint density at radius 1 is 1.20 bits per heavy atom. The van der Waals surface area contributed by atoms with Crippen LogP contribution in [0.25, 0.3) is 0 Å². The summed E-state index contributed by atoms with van der Waals surface area (Å²) in [6.45, 7) is 9.17. The quantitative estimate of drug-likeness (QED) is 0.721. The van der Waals surface area contributed by atoms with Crippen molar-refractivity contribution in [3.05, 3.63) is 35.4 Å². The van der Waals surface area contributed by atoms with Gasteiger partial charge in [-0.3, -0.25) is 0 Å². The fourth-order valence-corrected chi connectivity index (χ4v) is 1.61. The molecule has 15 heavy (non-hydrogen) atoms. The lowest BCUT2D eigenvalue weighted by atomic mass is 9.84. The molecule has 0 radical (unpaired) electrons. The fourth-order valence-electron chi connectivity index (χ4n) is 1.61. The van der Waals surface area contributed by atoms with Gasteiger partial charge < -0.3 is 11.1 Å². The van der Waals surface area contributed by atoms with E-state index in [1.807, 2.05) is 0 Å². The molecule has 0 heterocycles. The molecule has 3 N–H and O–H groups in total. The highest BCUT2D eigenvalue weighted by Gasteiger charge is 2.19. The third-order valence-corrected chi connectivity index (χ3v) is 2.72. The van der Waals surface area contributed by atoms with Crippen LogP contribution in [0, 0.1) is 6.92 Å². The predicted molar refractivity (Wildman–Crippen MR) is 66.1 cm³/mol. The fraction of sp³-hybridized carbons (Fsp3) is 0.538. The normalized spacial score (nSPS) is 11.7. The summed E-state index contributed by atoms with van der Waals surface area (Å²) in [5, 5.41) is 3.36. The number of nitrogens with one attached hydrogen (secondary N) is 1. The number of rotatable bonds is 5. The first-order chi connectivity index (χ1) is 7.06. The number of hydrogen-bond donors (Lipinski definition) is 2. The highest BCUT2D eigenvalue weighted by atomic mass is 14.9. The predicted octanol–water partition coefficient (Wildman–Crippen LogP) is 1.82. The van der Waals surface area contributed by atoms with Crippen molar-refractivity contribution in [3.8, 4) is 0 Å². The minimum atomic E-state index is 0.170. The first kappa shape index (κ1) is 12.2. The van der Waals surface area contributed by atoms with E-state index in [9.17, 15) is 0 Å². The van der Waals surface area contributed by atoms with Gasteiger partial charge in [0.25, 0.3) is 0 Å². The molecule has 2 nitrogen and oxygen atoms in total. The summed E-state index contributed by atoms with van der Waals surface area (Å²) in [5.74, 6) is 0. The maximum atomic E-state index is 5.45. The van der Waals surface area contributed by atoms with Crippen LogP contribution in [-0.4, -0.2) is 19.6 Å². The van der Waals surface area contributed by atoms with Crippen LogP contribution in [0.2, 0.25) is 0 Å². The van der Waals surface area contributed by atoms with Crippen molar-refractivity contribution >= 4 is 0 Å². The van der Waals surface area contributed by atoms with E-state index in [4.69, 9.17) is 5.73 Å². The van der Waals surface area contributed by atoms with E-state index in [1.165, 1.54) is 11.1 Å². The van der Waals surface area contributed by atoms with Gasteiger partial charge in [-0.2, -0.15) is 0 Å². The molecule has 0 aromatic heterocycles. The first-order valence-electron chi connectivity index (χ1n) is 5.54. The molecule has 0 aliphatic carbocycles. The van der Waals surface area contributed by atoms with E-state index in [-0.39, 0.29) is 5.41 Å². The summed E-state index contributed by atoms with van der Waals surface area (Å²) in [4.78, 5) is 0. The zero-order valence-corrected chi connectivity index (χ0v) is 10.0. The number of nitrogens with two attached hydrogens (primary N) is 1. The van der Waals surface area contributed by atoms with Gasteiger partial charge in [-0.1, -0.05) is 43.7 Å². The SMILES string of the molecule is Cc1ccc(C(C)(C)CNCCN)cc1. The minimum Gasteiger partial charge on any atom is -0.329 e. The Morgan fingerprint density at radius 3 is 2.33 bits per heavy atom. The van der Waals surface area contributed by atoms with Gasteiger partial charge in [0.1, 0.15) is 0 Å². The van der Waals surface area contributed by atoms with Crippen LogP contribution in [0.1, 0.15) is 25.0 Å². The summed E-state index contributed by atoms with van der Waals surface area (Å²) in [7, 11) is 0. The molecule has 0 saturated heterocycles. The van der Waals surface area contributed by atoms with E-state index in [0.717, 1.165) is 13.1 Å². The van der Waals surface area contributed by atoms with Crippen molar-refractivity contribution in [1.82, 2.24) is 5.32 Å². The standard InChI is InChI=1S/C13H22N2/c1-11-4-6-12(7-5-11)13(2,3)10-15-9-8-14/h4-7,15H,8-10,14H2,1-3H3. The molecule has 84 valence electrons. The molecule has 0 spiro atoms. The van der Waals surface area contributed by atoms with Crippen LogP contribution >= 0.6 is 0 Å². The van der Waals surface area contributed by atoms with E-state index >= 15 is 0 Å². The van der Waals surface area contributed by atoms with Crippen LogP contribution in [-0.2, 0) is 5.41 Å². The van der Waals surface area contributed by atoms with Crippen molar-refractivity contribution < 1.29 is 0 Å². The molecule has 0 saturated carbocycles. The summed E-state index contributed by atoms with van der Waals surface area (Å²) < 4.78 is 0. The molecule has 2 heteroatoms. The van der Waals surface area contributed by atoms with Crippen molar-refractivity contribution in [2.24, 2.45) is 5.73 Å². The van der Waals surface area contributed by atoms with Crippen LogP contribution in [0.5, 0.6) is 0 Å². The Kier molecular flexibility index (Phi) is 4.30. The molecule has 1 aromatic rings. The van der Waals surface area contributed by atoms with Gasteiger partial charge in [0.05, 0.1) is 0 Å². The van der Waals surface area contributed by atoms with Gasteiger partial charge in [-0.25, -0.2) is 0 Å². The van der Waals surface area contributed by atoms with Crippen molar-refractivity contribution in [2.75, 3.05) is 19.6 Å². The Labute approximate surface area is 92.9 Å². The summed E-state index contributed by atoms with van der Waals surface area (Å²) in [6, 6.07) is 8.75. The summed E-state index contributed by atoms with van der Waals surface area (Å²) in [6.07, 6.45) is 0. The topological polar surface area (TPSA) is 38.0 Å². The van der Waals surface area contributed by atoms with Crippen LogP contribution in [0.3, 0.4) is 0 Å². The van der Waals surface area contributed by atoms with E-state index in [0.29, 0.717) is 6.54 Å². The third-order valence-electron chi connectivity index (χ3n) is 2.72. The molecule has 0 aliphatic heterocycles. The second-order valence-corrected chi connectivity index (χ2v) is 4.72. The highest BCUT2D eigenvalue weighted by molar-refractivity contribution is 5.27. The second kappa shape index (κ2) is 5.29. The second-order valence-electron chi connectivity index (χ2n) is 4.72. The van der Waals surface area contributed by atoms with E-state index in [1.54, 1.807) is 0 Å². The number of benzene rings is 1. The monoisotopic (exact) mass is 206 g/mol. The molecular formula is C13H22N2. The van der Waals surface area contributed by atoms with Crippen LogP contribution < -0.4 is 11.1 Å². The van der Waals surface area contributed by atoms with Gasteiger partial charge in [0, 0.05) is 25.0 Å². The number of hydrogen-bond acceptors (Lipinski definition) is 2. The smallest absolute Gasteiger partial charge is 0.00748 e. The summed E-state index contributed by atoms with van der Waals surface area (Å²) >= 11 is 0. The zero-order chi connectivity index (χ0) is 11.3. The van der Waals surface area contributed by atoms with Crippen molar-refractivity contribution in [3.63, 3.8) is 0 Å². The molecule has 0 atom stereocenters. The maximum Gasteiger partial charge on any atom is 0.00748 e. The molecular weight excluding hydrogens is 184 g/mol. The van der Waals surface area contributed by atoms with Crippen molar-refractivity contribution in [2.45, 2.75) is 26.2 Å². The average molecular weight is 206 g/mol. The molecule has 1 rings (SSSR count).